The molecule has 1 saturated heterocycles. The lowest BCUT2D eigenvalue weighted by Crippen LogP contribution is -2.55. The Morgan fingerprint density at radius 1 is 1.08 bits per heavy atom. The molecule has 1 aromatic carbocycles. The van der Waals surface area contributed by atoms with Crippen molar-refractivity contribution in [2.45, 2.75) is 25.3 Å². The van der Waals surface area contributed by atoms with Crippen LogP contribution in [-0.4, -0.2) is 46.4 Å². The summed E-state index contributed by atoms with van der Waals surface area (Å²) in [4.78, 5) is 21.7. The Bertz CT molecular complexity index is 856. The molecule has 0 spiro atoms. The summed E-state index contributed by atoms with van der Waals surface area (Å²) in [6.45, 7) is 1.56. The first-order chi connectivity index (χ1) is 12.7. The summed E-state index contributed by atoms with van der Waals surface area (Å²) in [6.07, 6.45) is 6.79. The number of aromatic nitrogens is 2. The van der Waals surface area contributed by atoms with Gasteiger partial charge in [-0.1, -0.05) is 36.4 Å². The minimum absolute atomic E-state index is 0.0720. The molecule has 0 saturated carbocycles. The summed E-state index contributed by atoms with van der Waals surface area (Å²) in [7, 11) is 2.05. The Morgan fingerprint density at radius 3 is 2.69 bits per heavy atom. The van der Waals surface area contributed by atoms with Crippen LogP contribution in [0.15, 0.2) is 60.9 Å². The molecule has 1 fully saturated rings. The fourth-order valence-electron chi connectivity index (χ4n) is 3.66. The number of anilines is 1. The van der Waals surface area contributed by atoms with Crippen LogP contribution in [0.2, 0.25) is 0 Å². The molecule has 0 bridgehead atoms. The number of nitrogens with zero attached hydrogens (tertiary/aromatic N) is 4. The maximum Gasteiger partial charge on any atom is 0.245 e. The van der Waals surface area contributed by atoms with E-state index >= 15 is 0 Å². The first kappa shape index (κ1) is 16.8. The molecule has 5 heteroatoms. The van der Waals surface area contributed by atoms with Crippen LogP contribution < -0.4 is 4.90 Å². The van der Waals surface area contributed by atoms with Gasteiger partial charge in [-0.3, -0.25) is 14.6 Å². The molecule has 1 aliphatic rings. The smallest absolute Gasteiger partial charge is 0.245 e. The van der Waals surface area contributed by atoms with Gasteiger partial charge in [-0.25, -0.2) is 4.98 Å². The van der Waals surface area contributed by atoms with Gasteiger partial charge in [0.05, 0.1) is 12.2 Å². The maximum atomic E-state index is 13.1. The van der Waals surface area contributed by atoms with E-state index in [0.29, 0.717) is 6.54 Å². The minimum Gasteiger partial charge on any atom is -0.305 e. The van der Waals surface area contributed by atoms with Gasteiger partial charge in [0.2, 0.25) is 5.91 Å². The zero-order chi connectivity index (χ0) is 17.9. The number of benzene rings is 1. The van der Waals surface area contributed by atoms with Crippen LogP contribution in [0.25, 0.3) is 5.65 Å². The zero-order valence-corrected chi connectivity index (χ0v) is 15.1. The number of fused-ring (bicyclic) bond motifs is 1. The third kappa shape index (κ3) is 3.35. The molecule has 1 amide bonds. The molecule has 0 aliphatic carbocycles. The van der Waals surface area contributed by atoms with Gasteiger partial charge in [0.25, 0.3) is 0 Å². The number of hydrogen-bond donors (Lipinski definition) is 0. The molecule has 2 aromatic heterocycles. The lowest BCUT2D eigenvalue weighted by Gasteiger charge is -2.37. The third-order valence-electron chi connectivity index (χ3n) is 5.17. The molecule has 0 radical (unpaired) electrons. The van der Waals surface area contributed by atoms with Crippen LogP contribution in [0.1, 0.15) is 18.4 Å². The number of pyridine rings is 1. The summed E-state index contributed by atoms with van der Waals surface area (Å²) in [5.74, 6) is 0.914. The fraction of sp³-hybridized carbons (Fsp3) is 0.333. The normalized spacial score (nSPS) is 18.6. The number of likely N-dealkylation sites (N-methyl/N-ethyl adjacent to an activating group) is 1. The molecule has 1 aliphatic heterocycles. The molecular formula is C21H24N4O. The number of imidazole rings is 1. The summed E-state index contributed by atoms with van der Waals surface area (Å²) in [6, 6.07) is 16.3. The van der Waals surface area contributed by atoms with Gasteiger partial charge in [-0.2, -0.15) is 0 Å². The zero-order valence-electron chi connectivity index (χ0n) is 15.1. The molecule has 4 rings (SSSR count). The summed E-state index contributed by atoms with van der Waals surface area (Å²) in [5.41, 5.74) is 2.20. The van der Waals surface area contributed by atoms with E-state index in [4.69, 9.17) is 0 Å². The van der Waals surface area contributed by atoms with Crippen molar-refractivity contribution >= 4 is 17.4 Å². The van der Waals surface area contributed by atoms with Crippen molar-refractivity contribution < 1.29 is 4.79 Å². The first-order valence-electron chi connectivity index (χ1n) is 9.21. The van der Waals surface area contributed by atoms with Crippen molar-refractivity contribution in [3.05, 3.63) is 66.5 Å². The van der Waals surface area contributed by atoms with Gasteiger partial charge in [0.1, 0.15) is 5.65 Å². The van der Waals surface area contributed by atoms with Gasteiger partial charge in [0.15, 0.2) is 5.82 Å². The number of piperazine rings is 1. The van der Waals surface area contributed by atoms with E-state index in [1.165, 1.54) is 5.56 Å². The molecule has 1 unspecified atom stereocenters. The number of rotatable bonds is 5. The Balaban J connectivity index is 1.45. The van der Waals surface area contributed by atoms with Crippen LogP contribution in [0.5, 0.6) is 0 Å². The number of amides is 1. The van der Waals surface area contributed by atoms with E-state index < -0.39 is 0 Å². The van der Waals surface area contributed by atoms with E-state index in [9.17, 15) is 4.79 Å². The Morgan fingerprint density at radius 2 is 1.88 bits per heavy atom. The second-order valence-corrected chi connectivity index (χ2v) is 6.93. The number of carbonyl (C=O) groups excluding carboxylic acids is 1. The molecule has 1 atom stereocenters. The molecular weight excluding hydrogens is 324 g/mol. The van der Waals surface area contributed by atoms with E-state index in [1.54, 1.807) is 0 Å². The van der Waals surface area contributed by atoms with Gasteiger partial charge in [-0.05, 0) is 44.0 Å². The van der Waals surface area contributed by atoms with Crippen LogP contribution >= 0.6 is 0 Å². The predicted molar refractivity (Wildman–Crippen MR) is 103 cm³/mol. The third-order valence-corrected chi connectivity index (χ3v) is 5.17. The van der Waals surface area contributed by atoms with Gasteiger partial charge < -0.3 is 4.40 Å². The summed E-state index contributed by atoms with van der Waals surface area (Å²) in [5, 5.41) is 0. The minimum atomic E-state index is -0.0720. The topological polar surface area (TPSA) is 40.9 Å². The van der Waals surface area contributed by atoms with E-state index in [-0.39, 0.29) is 11.9 Å². The van der Waals surface area contributed by atoms with Crippen molar-refractivity contribution in [2.24, 2.45) is 0 Å². The van der Waals surface area contributed by atoms with E-state index in [1.807, 2.05) is 53.0 Å². The average Bonchev–Trinajstić information content (AvgIpc) is 3.09. The fourth-order valence-corrected chi connectivity index (χ4v) is 3.66. The van der Waals surface area contributed by atoms with Crippen molar-refractivity contribution in [1.29, 1.82) is 0 Å². The van der Waals surface area contributed by atoms with Crippen molar-refractivity contribution in [2.75, 3.05) is 25.0 Å². The monoisotopic (exact) mass is 348 g/mol. The molecule has 26 heavy (non-hydrogen) atoms. The molecule has 3 heterocycles. The Kier molecular flexibility index (Phi) is 4.71. The standard InChI is InChI=1S/C21H24N4O/c1-23-14-15-25(20-16-24-13-6-5-12-19(24)22-20)21(26)18(23)11-7-10-17-8-3-2-4-9-17/h2-6,8-9,12-13,16,18H,7,10-11,14-15H2,1H3. The summed E-state index contributed by atoms with van der Waals surface area (Å²) >= 11 is 0. The van der Waals surface area contributed by atoms with Crippen molar-refractivity contribution in [3.8, 4) is 0 Å². The van der Waals surface area contributed by atoms with Crippen LogP contribution in [-0.2, 0) is 11.2 Å². The van der Waals surface area contributed by atoms with E-state index in [0.717, 1.165) is 37.3 Å². The van der Waals surface area contributed by atoms with Gasteiger partial charge >= 0.3 is 0 Å². The quantitative estimate of drug-likeness (QED) is 0.712. The van der Waals surface area contributed by atoms with Gasteiger partial charge in [0, 0.05) is 19.3 Å². The van der Waals surface area contributed by atoms with Crippen molar-refractivity contribution in [3.63, 3.8) is 0 Å². The Hall–Kier alpha value is -2.66. The first-order valence-corrected chi connectivity index (χ1v) is 9.21. The van der Waals surface area contributed by atoms with E-state index in [2.05, 4.69) is 34.1 Å². The highest BCUT2D eigenvalue weighted by Crippen LogP contribution is 2.22. The van der Waals surface area contributed by atoms with Crippen LogP contribution in [0.3, 0.4) is 0 Å². The molecule has 0 N–H and O–H groups in total. The SMILES string of the molecule is CN1CCN(c2cn3ccccc3n2)C(=O)C1CCCc1ccccc1. The van der Waals surface area contributed by atoms with Crippen molar-refractivity contribution in [1.82, 2.24) is 14.3 Å². The molecule has 134 valence electrons. The van der Waals surface area contributed by atoms with Crippen LogP contribution in [0.4, 0.5) is 5.82 Å². The second-order valence-electron chi connectivity index (χ2n) is 6.93. The highest BCUT2D eigenvalue weighted by molar-refractivity contribution is 5.97. The molecule has 5 nitrogen and oxygen atoms in total. The number of hydrogen-bond acceptors (Lipinski definition) is 3. The molecule has 3 aromatic rings. The highest BCUT2D eigenvalue weighted by Gasteiger charge is 2.34. The Labute approximate surface area is 153 Å². The second kappa shape index (κ2) is 7.30. The maximum absolute atomic E-state index is 13.1. The lowest BCUT2D eigenvalue weighted by molar-refractivity contribution is -0.125. The largest absolute Gasteiger partial charge is 0.305 e. The predicted octanol–water partition coefficient (Wildman–Crippen LogP) is 3.00. The van der Waals surface area contributed by atoms with Gasteiger partial charge in [-0.15, -0.1) is 0 Å². The highest BCUT2D eigenvalue weighted by atomic mass is 16.2. The number of carbonyl (C=O) groups is 1. The van der Waals surface area contributed by atoms with Crippen LogP contribution in [0, 0.1) is 0 Å². The summed E-state index contributed by atoms with van der Waals surface area (Å²) < 4.78 is 1.96. The lowest BCUT2D eigenvalue weighted by atomic mass is 10.0. The average molecular weight is 348 g/mol. The number of aryl methyl sites for hydroxylation is 1.